The summed E-state index contributed by atoms with van der Waals surface area (Å²) in [4.78, 5) is 0. The Kier molecular flexibility index (Phi) is 4.68. The van der Waals surface area contributed by atoms with Gasteiger partial charge in [-0.1, -0.05) is 46.4 Å². The molecule has 0 heterocycles. The van der Waals surface area contributed by atoms with Gasteiger partial charge in [0.25, 0.3) is 0 Å². The van der Waals surface area contributed by atoms with Crippen LogP contribution in [0.1, 0.15) is 31.2 Å². The van der Waals surface area contributed by atoms with Gasteiger partial charge in [0, 0.05) is 16.0 Å². The number of nitrogens with one attached hydrogen (secondary N) is 1. The summed E-state index contributed by atoms with van der Waals surface area (Å²) < 4.78 is 1.09. The molecule has 0 atom stereocenters. The lowest BCUT2D eigenvalue weighted by Gasteiger charge is -2.07. The lowest BCUT2D eigenvalue weighted by molar-refractivity contribution is 0.593. The van der Waals surface area contributed by atoms with Crippen LogP contribution in [0.3, 0.4) is 0 Å². The zero-order chi connectivity index (χ0) is 11.4. The molecule has 1 saturated carbocycles. The maximum Gasteiger partial charge on any atom is 0.0417 e. The molecule has 1 nitrogen and oxygen atoms in total. The van der Waals surface area contributed by atoms with E-state index in [9.17, 15) is 0 Å². The fraction of sp³-hybridized carbons (Fsp3) is 0.538. The number of rotatable bonds is 6. The third kappa shape index (κ3) is 4.08. The number of benzene rings is 1. The van der Waals surface area contributed by atoms with Gasteiger partial charge in [0.1, 0.15) is 0 Å². The van der Waals surface area contributed by atoms with E-state index in [0.29, 0.717) is 0 Å². The first-order chi connectivity index (χ1) is 7.75. The molecule has 0 saturated heterocycles. The van der Waals surface area contributed by atoms with Crippen molar-refractivity contribution in [3.8, 4) is 0 Å². The van der Waals surface area contributed by atoms with E-state index in [4.69, 9.17) is 11.6 Å². The summed E-state index contributed by atoms with van der Waals surface area (Å²) in [5.74, 6) is 1.05. The Balaban J connectivity index is 1.67. The van der Waals surface area contributed by atoms with E-state index >= 15 is 0 Å². The first kappa shape index (κ1) is 12.4. The van der Waals surface area contributed by atoms with Crippen molar-refractivity contribution in [2.24, 2.45) is 5.92 Å². The van der Waals surface area contributed by atoms with Crippen molar-refractivity contribution >= 4 is 27.5 Å². The number of hydrogen-bond donors (Lipinski definition) is 1. The van der Waals surface area contributed by atoms with E-state index in [1.807, 2.05) is 12.1 Å². The number of halogens is 2. The topological polar surface area (TPSA) is 12.0 Å². The lowest BCUT2D eigenvalue weighted by Crippen LogP contribution is -2.15. The van der Waals surface area contributed by atoms with Crippen LogP contribution in [0.5, 0.6) is 0 Å². The second-order valence-electron chi connectivity index (χ2n) is 4.50. The quantitative estimate of drug-likeness (QED) is 0.769. The smallest absolute Gasteiger partial charge is 0.0417 e. The molecule has 1 N–H and O–H groups in total. The molecule has 0 aliphatic heterocycles. The van der Waals surface area contributed by atoms with Crippen molar-refractivity contribution in [2.45, 2.75) is 32.2 Å². The van der Waals surface area contributed by atoms with Crippen molar-refractivity contribution in [3.05, 3.63) is 33.3 Å². The fourth-order valence-electron chi connectivity index (χ4n) is 1.81. The molecule has 1 aromatic rings. The molecule has 1 aliphatic rings. The largest absolute Gasteiger partial charge is 0.313 e. The molecule has 0 unspecified atom stereocenters. The van der Waals surface area contributed by atoms with Crippen LogP contribution >= 0.6 is 27.5 Å². The zero-order valence-corrected chi connectivity index (χ0v) is 11.6. The highest BCUT2D eigenvalue weighted by atomic mass is 79.9. The van der Waals surface area contributed by atoms with Crippen molar-refractivity contribution in [2.75, 3.05) is 6.54 Å². The first-order valence-electron chi connectivity index (χ1n) is 5.90. The monoisotopic (exact) mass is 301 g/mol. The van der Waals surface area contributed by atoms with E-state index in [0.717, 1.165) is 28.5 Å². The van der Waals surface area contributed by atoms with Gasteiger partial charge in [-0.25, -0.2) is 0 Å². The van der Waals surface area contributed by atoms with Crippen LogP contribution in [0.2, 0.25) is 5.02 Å². The minimum atomic E-state index is 0.782. The van der Waals surface area contributed by atoms with Gasteiger partial charge in [-0.15, -0.1) is 0 Å². The Morgan fingerprint density at radius 3 is 2.88 bits per heavy atom. The molecule has 0 spiro atoms. The normalized spacial score (nSPS) is 15.4. The van der Waals surface area contributed by atoms with Crippen LogP contribution in [0.4, 0.5) is 0 Å². The molecule has 0 radical (unpaired) electrons. The Bertz CT molecular complexity index is 350. The zero-order valence-electron chi connectivity index (χ0n) is 9.31. The molecule has 0 bridgehead atoms. The summed E-state index contributed by atoms with van der Waals surface area (Å²) in [5, 5.41) is 4.25. The fourth-order valence-corrected chi connectivity index (χ4v) is 2.63. The Hall–Kier alpha value is -0.0500. The predicted molar refractivity (Wildman–Crippen MR) is 72.8 cm³/mol. The molecule has 16 heavy (non-hydrogen) atoms. The molecule has 0 amide bonds. The Labute approximate surface area is 111 Å². The number of hydrogen-bond acceptors (Lipinski definition) is 1. The molecule has 0 aromatic heterocycles. The van der Waals surface area contributed by atoms with Crippen molar-refractivity contribution in [1.29, 1.82) is 0 Å². The molecule has 88 valence electrons. The van der Waals surface area contributed by atoms with Crippen LogP contribution in [-0.2, 0) is 6.54 Å². The Morgan fingerprint density at radius 2 is 2.19 bits per heavy atom. The van der Waals surface area contributed by atoms with Gasteiger partial charge in [0.05, 0.1) is 0 Å². The van der Waals surface area contributed by atoms with Crippen LogP contribution < -0.4 is 5.32 Å². The summed E-state index contributed by atoms with van der Waals surface area (Å²) in [6, 6.07) is 5.95. The van der Waals surface area contributed by atoms with Crippen molar-refractivity contribution in [1.82, 2.24) is 5.32 Å². The van der Waals surface area contributed by atoms with Crippen molar-refractivity contribution in [3.63, 3.8) is 0 Å². The second-order valence-corrected chi connectivity index (χ2v) is 5.79. The lowest BCUT2D eigenvalue weighted by atomic mass is 10.2. The minimum Gasteiger partial charge on any atom is -0.313 e. The van der Waals surface area contributed by atoms with E-state index in [1.54, 1.807) is 0 Å². The molecule has 1 fully saturated rings. The van der Waals surface area contributed by atoms with Gasteiger partial charge < -0.3 is 5.32 Å². The molecule has 2 rings (SSSR count). The molecular formula is C13H17BrClN. The second kappa shape index (κ2) is 6.04. The molecule has 1 aromatic carbocycles. The molecular weight excluding hydrogens is 286 g/mol. The highest BCUT2D eigenvalue weighted by Crippen LogP contribution is 2.33. The van der Waals surface area contributed by atoms with Gasteiger partial charge >= 0.3 is 0 Å². The van der Waals surface area contributed by atoms with Crippen LogP contribution in [0, 0.1) is 5.92 Å². The highest BCUT2D eigenvalue weighted by Gasteiger charge is 2.19. The van der Waals surface area contributed by atoms with Gasteiger partial charge in [-0.3, -0.25) is 0 Å². The van der Waals surface area contributed by atoms with Gasteiger partial charge in [0.2, 0.25) is 0 Å². The average molecular weight is 303 g/mol. The highest BCUT2D eigenvalue weighted by molar-refractivity contribution is 9.10. The standard InChI is InChI=1S/C13H17BrClN/c14-13-8-12(15)6-5-11(13)9-16-7-1-2-10-3-4-10/h5-6,8,10,16H,1-4,7,9H2. The van der Waals surface area contributed by atoms with Crippen LogP contribution in [-0.4, -0.2) is 6.54 Å². The third-order valence-electron chi connectivity index (χ3n) is 2.99. The van der Waals surface area contributed by atoms with Gasteiger partial charge in [0.15, 0.2) is 0 Å². The maximum atomic E-state index is 5.89. The summed E-state index contributed by atoms with van der Waals surface area (Å²) in [6.45, 7) is 2.04. The summed E-state index contributed by atoms with van der Waals surface area (Å²) in [6.07, 6.45) is 5.62. The van der Waals surface area contributed by atoms with Crippen LogP contribution in [0.15, 0.2) is 22.7 Å². The minimum absolute atomic E-state index is 0.782. The third-order valence-corrected chi connectivity index (χ3v) is 3.97. The van der Waals surface area contributed by atoms with E-state index in [2.05, 4.69) is 27.3 Å². The Morgan fingerprint density at radius 1 is 1.38 bits per heavy atom. The van der Waals surface area contributed by atoms with Gasteiger partial charge in [-0.2, -0.15) is 0 Å². The summed E-state index contributed by atoms with van der Waals surface area (Å²) >= 11 is 9.42. The van der Waals surface area contributed by atoms with E-state index in [-0.39, 0.29) is 0 Å². The maximum absolute atomic E-state index is 5.89. The average Bonchev–Trinajstić information content (AvgIpc) is 3.04. The van der Waals surface area contributed by atoms with Crippen molar-refractivity contribution < 1.29 is 0 Å². The van der Waals surface area contributed by atoms with Gasteiger partial charge in [-0.05, 0) is 43.0 Å². The molecule has 1 aliphatic carbocycles. The van der Waals surface area contributed by atoms with E-state index in [1.165, 1.54) is 31.2 Å². The SMILES string of the molecule is Clc1ccc(CNCCCC2CC2)c(Br)c1. The predicted octanol–water partition coefficient (Wildman–Crippen LogP) is 4.38. The first-order valence-corrected chi connectivity index (χ1v) is 7.07. The molecule has 3 heteroatoms. The summed E-state index contributed by atoms with van der Waals surface area (Å²) in [7, 11) is 0. The van der Waals surface area contributed by atoms with E-state index < -0.39 is 0 Å². The summed E-state index contributed by atoms with van der Waals surface area (Å²) in [5.41, 5.74) is 1.27. The van der Waals surface area contributed by atoms with Crippen LogP contribution in [0.25, 0.3) is 0 Å².